The molecule has 6 fully saturated rings. The molecule has 0 aliphatic carbocycles. The quantitative estimate of drug-likeness (QED) is 0.0280. The summed E-state index contributed by atoms with van der Waals surface area (Å²) in [6.45, 7) is -0.109. The normalized spacial score (nSPS) is 35.9. The van der Waals surface area contributed by atoms with E-state index in [0.29, 0.717) is 12.8 Å². The monoisotopic (exact) mass is 1700 g/mol. The number of aliphatic hydroxyl groups excluding tert-OH is 18. The molecule has 36 heteroatoms. The van der Waals surface area contributed by atoms with Gasteiger partial charge in [-0.3, -0.25) is 14.4 Å². The summed E-state index contributed by atoms with van der Waals surface area (Å²) in [5.74, 6) is -2.05. The number of allylic oxidation sites excluding steroid dienone is 1. The number of hydrogen-bond donors (Lipinski definition) is 21. The van der Waals surface area contributed by atoms with Gasteiger partial charge in [0, 0.05) is 20.3 Å². The van der Waals surface area contributed by atoms with E-state index >= 15 is 0 Å². The summed E-state index contributed by atoms with van der Waals surface area (Å²) >= 11 is 0. The number of hydrogen-bond acceptors (Lipinski definition) is 33. The first-order valence-electron chi connectivity index (χ1n) is 44.0. The Hall–Kier alpha value is -3.05. The van der Waals surface area contributed by atoms with Crippen LogP contribution < -0.4 is 16.0 Å². The van der Waals surface area contributed by atoms with Gasteiger partial charge in [-0.1, -0.05) is 219 Å². The third kappa shape index (κ3) is 32.7. The lowest BCUT2D eigenvalue weighted by Crippen LogP contribution is -2.71. The summed E-state index contributed by atoms with van der Waals surface area (Å²) in [7, 11) is 0. The van der Waals surface area contributed by atoms with Crippen molar-refractivity contribution in [3.8, 4) is 0 Å². The van der Waals surface area contributed by atoms with Gasteiger partial charge in [-0.2, -0.15) is 0 Å². The fraction of sp³-hybridized carbons (Fsp3) is 0.939. The van der Waals surface area contributed by atoms with Crippen molar-refractivity contribution in [3.63, 3.8) is 0 Å². The fourth-order valence-corrected chi connectivity index (χ4v) is 16.2. The first kappa shape index (κ1) is 104. The predicted octanol–water partition coefficient (Wildman–Crippen LogP) is -0.0834. The largest absolute Gasteiger partial charge is 0.394 e. The minimum atomic E-state index is -2.37. The van der Waals surface area contributed by atoms with Crippen LogP contribution in [-0.2, 0) is 71.2 Å². The summed E-state index contributed by atoms with van der Waals surface area (Å²) < 4.78 is 72.1. The smallest absolute Gasteiger partial charge is 0.220 e. The molecule has 0 bridgehead atoms. The number of carbonyl (C=O) groups excluding carboxylic acids is 3. The van der Waals surface area contributed by atoms with E-state index in [9.17, 15) is 106 Å². The van der Waals surface area contributed by atoms with Crippen LogP contribution >= 0.6 is 0 Å². The molecule has 6 aliphatic rings. The summed E-state index contributed by atoms with van der Waals surface area (Å²) in [6, 6.07) is -4.65. The molecule has 6 rings (SSSR count). The molecule has 36 nitrogen and oxygen atoms in total. The zero-order valence-electron chi connectivity index (χ0n) is 69.8. The predicted molar refractivity (Wildman–Crippen MR) is 421 cm³/mol. The standard InChI is InChI=1S/C82H149N3O33/c1-5-7-9-11-13-15-17-19-20-21-22-23-24-25-26-28-30-32-34-36-38-40-58(95)85-50(51(94)39-37-35-33-31-29-27-18-16-14-12-10-8-6-2)47-107-79-69(104)66(101)72(55(44-89)111-79)114-81-70(105)67(102)73(56(45-90)112-81)115-82-71(106)76(118-77-59(83-48(3)92)64(99)61(96)52(41-86)108-77)74(57(46-91)113-82)116-78-60(84-49(4)93)75(63(98)54(43-88)109-78)117-80-68(103)65(100)62(97)53(42-87)110-80/h37,39,50-57,59-82,86-91,94,96-106H,5-36,38,40-47H2,1-4H3,(H,83,92)(H,84,93)(H,85,95)/b39-37+/t50-,51+,52?,53?,54?,55?,56?,57?,59?,60?,61-,62-,63-,64+,65-,66+,67+,68?,69?,70?,71?,72+,73-,74-,75+,76+,77-,78-,79+,80-,81-,82-/m0/s1. The van der Waals surface area contributed by atoms with Gasteiger partial charge in [-0.05, 0) is 19.3 Å². The van der Waals surface area contributed by atoms with Gasteiger partial charge in [0.2, 0.25) is 17.7 Å². The van der Waals surface area contributed by atoms with E-state index in [2.05, 4.69) is 29.8 Å². The summed E-state index contributed by atoms with van der Waals surface area (Å²) in [5, 5.41) is 209. The first-order valence-corrected chi connectivity index (χ1v) is 44.0. The van der Waals surface area contributed by atoms with E-state index in [1.807, 2.05) is 6.08 Å². The van der Waals surface area contributed by atoms with E-state index in [-0.39, 0.29) is 12.3 Å². The average molecular weight is 1710 g/mol. The van der Waals surface area contributed by atoms with E-state index in [0.717, 1.165) is 65.2 Å². The average Bonchev–Trinajstić information content (AvgIpc) is 0.761. The maximum absolute atomic E-state index is 13.6. The third-order valence-corrected chi connectivity index (χ3v) is 23.2. The molecule has 0 aromatic rings. The molecule has 6 aliphatic heterocycles. The Bertz CT molecular complexity index is 2710. The Morgan fingerprint density at radius 2 is 0.653 bits per heavy atom. The highest BCUT2D eigenvalue weighted by molar-refractivity contribution is 5.76. The molecule has 118 heavy (non-hydrogen) atoms. The van der Waals surface area contributed by atoms with Crippen molar-refractivity contribution in [2.24, 2.45) is 0 Å². The highest BCUT2D eigenvalue weighted by Gasteiger charge is 2.59. The maximum atomic E-state index is 13.6. The van der Waals surface area contributed by atoms with Crippen LogP contribution in [0.15, 0.2) is 12.2 Å². The van der Waals surface area contributed by atoms with Crippen LogP contribution in [0.3, 0.4) is 0 Å². The Morgan fingerprint density at radius 3 is 1.09 bits per heavy atom. The number of rotatable bonds is 58. The van der Waals surface area contributed by atoms with Crippen LogP contribution in [0.2, 0.25) is 0 Å². The molecule has 6 saturated heterocycles. The second-order valence-corrected chi connectivity index (χ2v) is 32.8. The minimum Gasteiger partial charge on any atom is -0.394 e. The van der Waals surface area contributed by atoms with Gasteiger partial charge in [0.15, 0.2) is 37.7 Å². The number of amides is 3. The van der Waals surface area contributed by atoms with Gasteiger partial charge in [-0.25, -0.2) is 0 Å². The molecule has 32 atom stereocenters. The minimum absolute atomic E-state index is 0.172. The van der Waals surface area contributed by atoms with Crippen molar-refractivity contribution in [2.45, 2.75) is 442 Å². The van der Waals surface area contributed by atoms with Gasteiger partial charge in [0.1, 0.15) is 146 Å². The number of carbonyl (C=O) groups is 3. The number of unbranched alkanes of at least 4 members (excludes halogenated alkanes) is 31. The van der Waals surface area contributed by atoms with E-state index in [1.165, 1.54) is 148 Å². The molecule has 6 heterocycles. The zero-order chi connectivity index (χ0) is 86.2. The molecule has 0 spiro atoms. The number of aliphatic hydroxyl groups is 18. The summed E-state index contributed by atoms with van der Waals surface area (Å²) in [4.78, 5) is 39.3. The van der Waals surface area contributed by atoms with Crippen molar-refractivity contribution in [2.75, 3.05) is 46.2 Å². The Balaban J connectivity index is 1.10. The van der Waals surface area contributed by atoms with Gasteiger partial charge < -0.3 is 165 Å². The van der Waals surface area contributed by atoms with Crippen LogP contribution in [0.4, 0.5) is 0 Å². The van der Waals surface area contributed by atoms with Crippen LogP contribution in [0.5, 0.6) is 0 Å². The fourth-order valence-electron chi connectivity index (χ4n) is 16.2. The lowest BCUT2D eigenvalue weighted by atomic mass is 9.93. The molecule has 0 radical (unpaired) electrons. The van der Waals surface area contributed by atoms with Crippen LogP contribution in [-0.4, -0.2) is 352 Å². The maximum Gasteiger partial charge on any atom is 0.220 e. The second-order valence-electron chi connectivity index (χ2n) is 32.8. The highest BCUT2D eigenvalue weighted by Crippen LogP contribution is 2.39. The first-order chi connectivity index (χ1) is 56.8. The van der Waals surface area contributed by atoms with Crippen LogP contribution in [0.1, 0.15) is 246 Å². The molecule has 0 aromatic heterocycles. The Labute approximate surface area is 694 Å². The third-order valence-electron chi connectivity index (χ3n) is 23.2. The number of ether oxygens (including phenoxy) is 12. The van der Waals surface area contributed by atoms with Crippen LogP contribution in [0, 0.1) is 0 Å². The lowest BCUT2D eigenvalue weighted by Gasteiger charge is -2.52. The molecule has 0 saturated carbocycles. The molecule has 3 amide bonds. The van der Waals surface area contributed by atoms with Crippen molar-refractivity contribution < 1.29 is 163 Å². The van der Waals surface area contributed by atoms with E-state index < -0.39 is 254 Å². The summed E-state index contributed by atoms with van der Waals surface area (Å²) in [6.07, 6.45) is -13.5. The second kappa shape index (κ2) is 56.8. The number of nitrogens with one attached hydrogen (secondary N) is 3. The Morgan fingerprint density at radius 1 is 0.331 bits per heavy atom. The Kier molecular flexibility index (Phi) is 50.0. The van der Waals surface area contributed by atoms with Crippen LogP contribution in [0.25, 0.3) is 0 Å². The van der Waals surface area contributed by atoms with Gasteiger partial charge in [-0.15, -0.1) is 0 Å². The van der Waals surface area contributed by atoms with Crippen molar-refractivity contribution in [1.82, 2.24) is 16.0 Å². The molecule has 690 valence electrons. The topological polar surface area (TPSA) is 562 Å². The molecule has 0 aromatic carbocycles. The zero-order valence-corrected chi connectivity index (χ0v) is 69.8. The van der Waals surface area contributed by atoms with Gasteiger partial charge in [0.25, 0.3) is 0 Å². The van der Waals surface area contributed by atoms with E-state index in [4.69, 9.17) is 56.8 Å². The van der Waals surface area contributed by atoms with Crippen molar-refractivity contribution in [1.29, 1.82) is 0 Å². The SMILES string of the molecule is CCCCCCCCCCCCC/C=C/[C@@H](O)[C@H](CO[C@@H]1OC(CO)[C@@H](O[C@@H]2OC(CO)[C@H](O[C@@H]3OC(CO)[C@H](O[C@@H]4OC(CO)[C@H](O)[C@H](O[C@@H]5OC(CO)[C@H](O)[C@H](O)C5O)C4NC(C)=O)[C@H](O[C@@H]4OC(CO)[C@H](O)[C@H](O)C4NC(C)=O)C3O)[C@H](O)C2O)[C@H](O)C1O)NC(=O)CCCCCCCCCCCCCCCCCCCCCCC. The summed E-state index contributed by atoms with van der Waals surface area (Å²) in [5.41, 5.74) is 0. The molecule has 12 unspecified atom stereocenters. The van der Waals surface area contributed by atoms with Gasteiger partial charge in [0.05, 0.1) is 58.4 Å². The van der Waals surface area contributed by atoms with Crippen molar-refractivity contribution in [3.05, 3.63) is 12.2 Å². The van der Waals surface area contributed by atoms with Gasteiger partial charge >= 0.3 is 0 Å². The molecular formula is C82H149N3O33. The lowest BCUT2D eigenvalue weighted by molar-refractivity contribution is -0.399. The van der Waals surface area contributed by atoms with E-state index in [1.54, 1.807) is 6.08 Å². The highest BCUT2D eigenvalue weighted by atomic mass is 16.8. The molecular weight excluding hydrogens is 1550 g/mol. The molecule has 21 N–H and O–H groups in total. The van der Waals surface area contributed by atoms with Crippen molar-refractivity contribution >= 4 is 17.7 Å².